The van der Waals surface area contributed by atoms with Crippen molar-refractivity contribution >= 4 is 36.4 Å². The van der Waals surface area contributed by atoms with E-state index in [0.717, 1.165) is 4.90 Å². The van der Waals surface area contributed by atoms with Crippen molar-refractivity contribution in [2.24, 2.45) is 5.92 Å². The highest BCUT2D eigenvalue weighted by Gasteiger charge is 2.62. The molecule has 0 aromatic heterocycles. The summed E-state index contributed by atoms with van der Waals surface area (Å²) in [6.07, 6.45) is -0.622. The molecule has 1 unspecified atom stereocenters. The zero-order valence-corrected chi connectivity index (χ0v) is 20.7. The van der Waals surface area contributed by atoms with Gasteiger partial charge in [-0.25, -0.2) is 9.59 Å². The van der Waals surface area contributed by atoms with Crippen LogP contribution in [0.2, 0.25) is 0 Å². The van der Waals surface area contributed by atoms with E-state index in [-0.39, 0.29) is 32.6 Å². The van der Waals surface area contributed by atoms with Crippen molar-refractivity contribution in [1.29, 1.82) is 0 Å². The molecule has 2 amide bonds. The summed E-state index contributed by atoms with van der Waals surface area (Å²) in [7, 11) is 0. The second-order valence-electron chi connectivity index (χ2n) is 8.99. The molecule has 0 radical (unpaired) electrons. The van der Waals surface area contributed by atoms with Crippen LogP contribution in [0.3, 0.4) is 0 Å². The van der Waals surface area contributed by atoms with Gasteiger partial charge in [-0.3, -0.25) is 9.59 Å². The van der Waals surface area contributed by atoms with Gasteiger partial charge in [0.1, 0.15) is 5.60 Å². The molecule has 12 nitrogen and oxygen atoms in total. The number of hydrogen-bond acceptors (Lipinski definition) is 10. The number of nitrogens with zero attached hydrogens (tertiary/aromatic N) is 2. The summed E-state index contributed by atoms with van der Waals surface area (Å²) in [4.78, 5) is 67.6. The van der Waals surface area contributed by atoms with Gasteiger partial charge in [0, 0.05) is 24.1 Å². The molecule has 0 aliphatic carbocycles. The van der Waals surface area contributed by atoms with Crippen molar-refractivity contribution in [3.8, 4) is 0 Å². The highest BCUT2D eigenvalue weighted by Crippen LogP contribution is 2.38. The Balaban J connectivity index is 3.19. The first kappa shape index (κ1) is 28.5. The molecule has 1 heterocycles. The Morgan fingerprint density at radius 1 is 1.21 bits per heavy atom. The van der Waals surface area contributed by atoms with Crippen LogP contribution in [0.4, 0.5) is 4.79 Å². The number of hydrogen-bond donors (Lipinski definition) is 2. The number of amides is 2. The second-order valence-corrected chi connectivity index (χ2v) is 9.62. The van der Waals surface area contributed by atoms with E-state index < -0.39 is 57.2 Å². The van der Waals surface area contributed by atoms with Crippen molar-refractivity contribution < 1.29 is 38.6 Å². The van der Waals surface area contributed by atoms with Gasteiger partial charge in [0.15, 0.2) is 5.78 Å². The van der Waals surface area contributed by atoms with Crippen LogP contribution in [0, 0.1) is 16.0 Å². The fourth-order valence-corrected chi connectivity index (χ4v) is 3.90. The van der Waals surface area contributed by atoms with E-state index in [1.54, 1.807) is 34.6 Å². The number of ketones is 1. The van der Waals surface area contributed by atoms with Crippen LogP contribution in [0.5, 0.6) is 0 Å². The van der Waals surface area contributed by atoms with E-state index in [1.165, 1.54) is 6.92 Å². The van der Waals surface area contributed by atoms with Crippen LogP contribution in [-0.2, 0) is 28.7 Å². The number of likely N-dealkylation sites (tertiary alicyclic amines) is 1. The highest BCUT2D eigenvalue weighted by molar-refractivity contribution is 7.81. The van der Waals surface area contributed by atoms with Crippen LogP contribution in [0.1, 0.15) is 54.4 Å². The molecule has 1 rings (SSSR count). The maximum absolute atomic E-state index is 13.6. The van der Waals surface area contributed by atoms with Crippen molar-refractivity contribution in [2.75, 3.05) is 19.8 Å². The predicted octanol–water partition coefficient (Wildman–Crippen LogP) is 1.54. The van der Waals surface area contributed by atoms with Crippen LogP contribution in [-0.4, -0.2) is 75.9 Å². The summed E-state index contributed by atoms with van der Waals surface area (Å²) in [6, 6.07) is -1.21. The van der Waals surface area contributed by atoms with Crippen LogP contribution in [0.25, 0.3) is 0 Å². The Kier molecular flexibility index (Phi) is 9.94. The Morgan fingerprint density at radius 3 is 2.33 bits per heavy atom. The zero-order chi connectivity index (χ0) is 25.6. The Bertz CT molecular complexity index is 768. The Labute approximate surface area is 198 Å². The standard InChI is InChI=1S/C20H33N3O9S/c1-12(2)16(25)22-9-8-14(33)20(22,17(26)30-10-7-11-31-23(28)29)15(24)13(3)21-18(27)32-19(4,5)6/h12-14,33H,7-11H2,1-6H3,(H,21,27)/t13-,14?,20-/m0/s1. The fourth-order valence-electron chi connectivity index (χ4n) is 3.41. The van der Waals surface area contributed by atoms with Gasteiger partial charge in [-0.05, 0) is 34.1 Å². The summed E-state index contributed by atoms with van der Waals surface area (Å²) in [6.45, 7) is 9.12. The minimum Gasteiger partial charge on any atom is -0.463 e. The van der Waals surface area contributed by atoms with E-state index in [4.69, 9.17) is 9.47 Å². The van der Waals surface area contributed by atoms with Gasteiger partial charge in [0.25, 0.3) is 5.09 Å². The number of Topliss-reactive ketones (excluding diaryl/α,β-unsaturated/α-hetero) is 1. The molecular formula is C20H33N3O9S. The zero-order valence-electron chi connectivity index (χ0n) is 19.8. The van der Waals surface area contributed by atoms with E-state index in [2.05, 4.69) is 22.8 Å². The summed E-state index contributed by atoms with van der Waals surface area (Å²) in [5, 5.41) is 10.8. The lowest BCUT2D eigenvalue weighted by Gasteiger charge is -2.39. The molecule has 0 aromatic carbocycles. The number of ether oxygens (including phenoxy) is 2. The van der Waals surface area contributed by atoms with Crippen molar-refractivity contribution in [1.82, 2.24) is 10.2 Å². The van der Waals surface area contributed by atoms with E-state index >= 15 is 0 Å². The van der Waals surface area contributed by atoms with Gasteiger partial charge in [0.2, 0.25) is 11.4 Å². The first-order valence-corrected chi connectivity index (χ1v) is 11.1. The maximum Gasteiger partial charge on any atom is 0.408 e. The first-order valence-electron chi connectivity index (χ1n) is 10.6. The van der Waals surface area contributed by atoms with Crippen LogP contribution in [0.15, 0.2) is 0 Å². The van der Waals surface area contributed by atoms with E-state index in [0.29, 0.717) is 0 Å². The van der Waals surface area contributed by atoms with E-state index in [9.17, 15) is 29.3 Å². The summed E-state index contributed by atoms with van der Waals surface area (Å²) >= 11 is 4.44. The normalized spacial score (nSPS) is 21.3. The number of alkyl carbamates (subject to hydrolysis) is 1. The highest BCUT2D eigenvalue weighted by atomic mass is 32.1. The first-order chi connectivity index (χ1) is 15.1. The Morgan fingerprint density at radius 2 is 1.82 bits per heavy atom. The molecule has 0 saturated carbocycles. The van der Waals surface area contributed by atoms with Gasteiger partial charge in [-0.15, -0.1) is 10.1 Å². The molecule has 1 N–H and O–H groups in total. The molecule has 188 valence electrons. The van der Waals surface area contributed by atoms with Crippen molar-refractivity contribution in [3.63, 3.8) is 0 Å². The molecule has 0 bridgehead atoms. The Hall–Kier alpha value is -2.57. The third kappa shape index (κ3) is 7.21. The molecule has 1 aliphatic heterocycles. The molecule has 1 fully saturated rings. The second kappa shape index (κ2) is 11.5. The van der Waals surface area contributed by atoms with Gasteiger partial charge < -0.3 is 24.5 Å². The third-order valence-electron chi connectivity index (χ3n) is 4.83. The summed E-state index contributed by atoms with van der Waals surface area (Å²) in [5.74, 6) is -2.76. The number of nitrogens with one attached hydrogen (secondary N) is 1. The van der Waals surface area contributed by atoms with Gasteiger partial charge in [-0.2, -0.15) is 12.6 Å². The molecule has 3 atom stereocenters. The lowest BCUT2D eigenvalue weighted by molar-refractivity contribution is -0.757. The summed E-state index contributed by atoms with van der Waals surface area (Å²) < 4.78 is 10.4. The quantitative estimate of drug-likeness (QED) is 0.116. The number of carbonyl (C=O) groups excluding carboxylic acids is 4. The summed E-state index contributed by atoms with van der Waals surface area (Å²) in [5.41, 5.74) is -2.89. The number of thiol groups is 1. The number of esters is 1. The molecule has 1 aliphatic rings. The minimum absolute atomic E-state index is 0.00192. The number of carbonyl (C=O) groups is 4. The average Bonchev–Trinajstić information content (AvgIpc) is 3.02. The van der Waals surface area contributed by atoms with Crippen molar-refractivity contribution in [2.45, 2.75) is 76.8 Å². The molecular weight excluding hydrogens is 458 g/mol. The third-order valence-corrected chi connectivity index (χ3v) is 5.46. The lowest BCUT2D eigenvalue weighted by Crippen LogP contribution is -2.67. The van der Waals surface area contributed by atoms with Crippen LogP contribution < -0.4 is 5.32 Å². The maximum atomic E-state index is 13.6. The smallest absolute Gasteiger partial charge is 0.408 e. The largest absolute Gasteiger partial charge is 0.463 e. The minimum atomic E-state index is -2.08. The van der Waals surface area contributed by atoms with Crippen molar-refractivity contribution in [3.05, 3.63) is 10.1 Å². The van der Waals surface area contributed by atoms with Gasteiger partial charge >= 0.3 is 12.1 Å². The van der Waals surface area contributed by atoms with Gasteiger partial charge in [-0.1, -0.05) is 13.8 Å². The SMILES string of the molecule is CC(C)C(=O)N1CCC(S)[C@@]1(C(=O)OCCCO[N+](=O)[O-])C(=O)[C@H](C)NC(=O)OC(C)(C)C. The lowest BCUT2D eigenvalue weighted by atomic mass is 9.85. The topological polar surface area (TPSA) is 154 Å². The average molecular weight is 492 g/mol. The molecule has 13 heteroatoms. The van der Waals surface area contributed by atoms with E-state index in [1.807, 2.05) is 0 Å². The fraction of sp³-hybridized carbons (Fsp3) is 0.800. The monoisotopic (exact) mass is 491 g/mol. The van der Waals surface area contributed by atoms with Crippen LogP contribution >= 0.6 is 12.6 Å². The molecule has 1 saturated heterocycles. The molecule has 33 heavy (non-hydrogen) atoms. The predicted molar refractivity (Wildman–Crippen MR) is 119 cm³/mol. The molecule has 0 spiro atoms. The number of rotatable bonds is 10. The molecule has 0 aromatic rings. The van der Waals surface area contributed by atoms with Gasteiger partial charge in [0.05, 0.1) is 19.3 Å².